The van der Waals surface area contributed by atoms with Crippen LogP contribution in [0.1, 0.15) is 18.5 Å². The number of nitrogens with one attached hydrogen (secondary N) is 1. The van der Waals surface area contributed by atoms with Gasteiger partial charge in [0, 0.05) is 23.3 Å². The molecule has 1 saturated carbocycles. The Hall–Kier alpha value is -1.31. The first kappa shape index (κ1) is 12.7. The second-order valence-corrected chi connectivity index (χ2v) is 7.35. The third-order valence-corrected chi connectivity index (χ3v) is 5.71. The fraction of sp³-hybridized carbons (Fsp3) is 0.333. The van der Waals surface area contributed by atoms with Crippen molar-refractivity contribution in [2.24, 2.45) is 0 Å². The Bertz CT molecular complexity index is 663. The average molecular weight is 295 g/mol. The SMILES string of the molecule is O=S(=O)(NCc1csc(-c2cccnc2)n1)C1CC1. The Labute approximate surface area is 115 Å². The Kier molecular flexibility index (Phi) is 3.34. The monoisotopic (exact) mass is 295 g/mol. The maximum absolute atomic E-state index is 11.7. The van der Waals surface area contributed by atoms with Crippen molar-refractivity contribution in [2.75, 3.05) is 0 Å². The van der Waals surface area contributed by atoms with Gasteiger partial charge in [0.05, 0.1) is 17.5 Å². The third-order valence-electron chi connectivity index (χ3n) is 2.88. The molecular weight excluding hydrogens is 282 g/mol. The molecule has 19 heavy (non-hydrogen) atoms. The number of hydrogen-bond acceptors (Lipinski definition) is 5. The normalized spacial score (nSPS) is 15.6. The quantitative estimate of drug-likeness (QED) is 0.912. The van der Waals surface area contributed by atoms with Crippen molar-refractivity contribution in [2.45, 2.75) is 24.6 Å². The van der Waals surface area contributed by atoms with Crippen LogP contribution in [0.2, 0.25) is 0 Å². The molecule has 3 rings (SSSR count). The number of nitrogens with zero attached hydrogens (tertiary/aromatic N) is 2. The highest BCUT2D eigenvalue weighted by Gasteiger charge is 2.35. The van der Waals surface area contributed by atoms with Gasteiger partial charge < -0.3 is 0 Å². The van der Waals surface area contributed by atoms with Crippen LogP contribution in [-0.2, 0) is 16.6 Å². The molecule has 2 aromatic heterocycles. The van der Waals surface area contributed by atoms with Crippen molar-refractivity contribution in [1.29, 1.82) is 0 Å². The molecule has 7 heteroatoms. The van der Waals surface area contributed by atoms with Gasteiger partial charge in [0.2, 0.25) is 10.0 Å². The highest BCUT2D eigenvalue weighted by atomic mass is 32.2. The van der Waals surface area contributed by atoms with Gasteiger partial charge in [-0.3, -0.25) is 4.98 Å². The van der Waals surface area contributed by atoms with Crippen LogP contribution in [0.4, 0.5) is 0 Å². The molecule has 0 radical (unpaired) electrons. The summed E-state index contributed by atoms with van der Waals surface area (Å²) in [5.74, 6) is 0. The van der Waals surface area contributed by atoms with Crippen LogP contribution in [0.15, 0.2) is 29.9 Å². The van der Waals surface area contributed by atoms with Crippen LogP contribution < -0.4 is 4.72 Å². The van der Waals surface area contributed by atoms with Crippen LogP contribution in [0.25, 0.3) is 10.6 Å². The summed E-state index contributed by atoms with van der Waals surface area (Å²) in [6.45, 7) is 0.260. The largest absolute Gasteiger partial charge is 0.264 e. The summed E-state index contributed by atoms with van der Waals surface area (Å²) < 4.78 is 26.0. The smallest absolute Gasteiger partial charge is 0.214 e. The van der Waals surface area contributed by atoms with Gasteiger partial charge in [0.25, 0.3) is 0 Å². The summed E-state index contributed by atoms with van der Waals surface area (Å²) in [7, 11) is -3.14. The maximum atomic E-state index is 11.7. The fourth-order valence-corrected chi connectivity index (χ4v) is 3.83. The molecule has 2 heterocycles. The van der Waals surface area contributed by atoms with Crippen LogP contribution >= 0.6 is 11.3 Å². The van der Waals surface area contributed by atoms with E-state index in [2.05, 4.69) is 14.7 Å². The van der Waals surface area contributed by atoms with Crippen LogP contribution in [0, 0.1) is 0 Å². The van der Waals surface area contributed by atoms with E-state index in [0.717, 1.165) is 29.1 Å². The van der Waals surface area contributed by atoms with Crippen molar-refractivity contribution in [3.8, 4) is 10.6 Å². The van der Waals surface area contributed by atoms with Crippen molar-refractivity contribution in [1.82, 2.24) is 14.7 Å². The van der Waals surface area contributed by atoms with Gasteiger partial charge in [-0.05, 0) is 25.0 Å². The van der Waals surface area contributed by atoms with E-state index >= 15 is 0 Å². The fourth-order valence-electron chi connectivity index (χ4n) is 1.68. The van der Waals surface area contributed by atoms with E-state index in [4.69, 9.17) is 0 Å². The summed E-state index contributed by atoms with van der Waals surface area (Å²) in [5, 5.41) is 2.54. The minimum Gasteiger partial charge on any atom is -0.264 e. The number of hydrogen-bond donors (Lipinski definition) is 1. The molecule has 0 aliphatic heterocycles. The minimum atomic E-state index is -3.14. The number of aromatic nitrogens is 2. The summed E-state index contributed by atoms with van der Waals surface area (Å²) >= 11 is 1.49. The van der Waals surface area contributed by atoms with Crippen molar-refractivity contribution >= 4 is 21.4 Å². The van der Waals surface area contributed by atoms with Gasteiger partial charge >= 0.3 is 0 Å². The topological polar surface area (TPSA) is 72.0 Å². The lowest BCUT2D eigenvalue weighted by atomic mass is 10.3. The third kappa shape index (κ3) is 2.99. The van der Waals surface area contributed by atoms with Gasteiger partial charge in [-0.25, -0.2) is 18.1 Å². The van der Waals surface area contributed by atoms with Crippen LogP contribution in [-0.4, -0.2) is 23.6 Å². The molecule has 1 fully saturated rings. The molecular formula is C12H13N3O2S2. The summed E-state index contributed by atoms with van der Waals surface area (Å²) in [6.07, 6.45) is 5.00. The first-order chi connectivity index (χ1) is 9.15. The van der Waals surface area contributed by atoms with E-state index in [1.165, 1.54) is 11.3 Å². The molecule has 0 aromatic carbocycles. The number of sulfonamides is 1. The molecule has 0 bridgehead atoms. The molecule has 0 saturated heterocycles. The van der Waals surface area contributed by atoms with Crippen molar-refractivity contribution < 1.29 is 8.42 Å². The Morgan fingerprint density at radius 2 is 2.26 bits per heavy atom. The molecule has 2 aromatic rings. The van der Waals surface area contributed by atoms with E-state index in [-0.39, 0.29) is 11.8 Å². The van der Waals surface area contributed by atoms with Crippen LogP contribution in [0.3, 0.4) is 0 Å². The lowest BCUT2D eigenvalue weighted by Crippen LogP contribution is -2.26. The molecule has 1 aliphatic carbocycles. The Morgan fingerprint density at radius 3 is 2.95 bits per heavy atom. The standard InChI is InChI=1S/C12H13N3O2S2/c16-19(17,11-3-4-11)14-7-10-8-18-12(15-10)9-2-1-5-13-6-9/h1-2,5-6,8,11,14H,3-4,7H2. The summed E-state index contributed by atoms with van der Waals surface area (Å²) in [4.78, 5) is 8.46. The number of thiazole rings is 1. The molecule has 1 N–H and O–H groups in total. The van der Waals surface area contributed by atoms with Crippen molar-refractivity contribution in [3.63, 3.8) is 0 Å². The van der Waals surface area contributed by atoms with E-state index in [0.29, 0.717) is 0 Å². The number of pyridine rings is 1. The zero-order chi connectivity index (χ0) is 13.3. The zero-order valence-corrected chi connectivity index (χ0v) is 11.7. The minimum absolute atomic E-state index is 0.191. The second-order valence-electron chi connectivity index (χ2n) is 4.45. The molecule has 0 atom stereocenters. The Balaban J connectivity index is 1.69. The van der Waals surface area contributed by atoms with E-state index in [1.54, 1.807) is 12.4 Å². The molecule has 0 unspecified atom stereocenters. The highest BCUT2D eigenvalue weighted by molar-refractivity contribution is 7.90. The second kappa shape index (κ2) is 4.99. The number of rotatable bonds is 5. The van der Waals surface area contributed by atoms with E-state index < -0.39 is 10.0 Å². The van der Waals surface area contributed by atoms with Gasteiger partial charge in [-0.1, -0.05) is 0 Å². The molecule has 0 spiro atoms. The highest BCUT2D eigenvalue weighted by Crippen LogP contribution is 2.28. The first-order valence-electron chi connectivity index (χ1n) is 5.98. The first-order valence-corrected chi connectivity index (χ1v) is 8.41. The van der Waals surface area contributed by atoms with E-state index in [9.17, 15) is 8.42 Å². The Morgan fingerprint density at radius 1 is 1.42 bits per heavy atom. The van der Waals surface area contributed by atoms with Gasteiger partial charge in [-0.15, -0.1) is 11.3 Å². The zero-order valence-electron chi connectivity index (χ0n) is 10.1. The van der Waals surface area contributed by atoms with Crippen molar-refractivity contribution in [3.05, 3.63) is 35.6 Å². The maximum Gasteiger partial charge on any atom is 0.214 e. The molecule has 100 valence electrons. The lowest BCUT2D eigenvalue weighted by molar-refractivity contribution is 0.579. The van der Waals surface area contributed by atoms with Gasteiger partial charge in [0.15, 0.2) is 0 Å². The summed E-state index contributed by atoms with van der Waals surface area (Å²) in [6, 6.07) is 3.79. The molecule has 5 nitrogen and oxygen atoms in total. The van der Waals surface area contributed by atoms with E-state index in [1.807, 2.05) is 17.5 Å². The van der Waals surface area contributed by atoms with Gasteiger partial charge in [0.1, 0.15) is 5.01 Å². The molecule has 0 amide bonds. The predicted molar refractivity (Wildman–Crippen MR) is 74.1 cm³/mol. The summed E-state index contributed by atoms with van der Waals surface area (Å²) in [5.41, 5.74) is 1.69. The van der Waals surface area contributed by atoms with Gasteiger partial charge in [-0.2, -0.15) is 0 Å². The van der Waals surface area contributed by atoms with Crippen LogP contribution in [0.5, 0.6) is 0 Å². The molecule has 1 aliphatic rings. The predicted octanol–water partition coefficient (Wildman–Crippen LogP) is 1.79. The lowest BCUT2D eigenvalue weighted by Gasteiger charge is -2.02. The average Bonchev–Trinajstić information content (AvgIpc) is 3.18.